The quantitative estimate of drug-likeness (QED) is 0.799. The van der Waals surface area contributed by atoms with Gasteiger partial charge < -0.3 is 5.32 Å². The number of likely N-dealkylation sites (N-methyl/N-ethyl adjacent to an activating group) is 1. The van der Waals surface area contributed by atoms with Gasteiger partial charge in [0.2, 0.25) is 5.91 Å². The van der Waals surface area contributed by atoms with E-state index in [1.807, 2.05) is 6.07 Å². The number of nitrogens with one attached hydrogen (secondary N) is 1. The molecule has 142 valence electrons. The summed E-state index contributed by atoms with van der Waals surface area (Å²) in [7, 11) is 1.57. The third-order valence-corrected chi connectivity index (χ3v) is 4.45. The average molecular weight is 396 g/mol. The Morgan fingerprint density at radius 2 is 1.96 bits per heavy atom. The Morgan fingerprint density at radius 3 is 2.56 bits per heavy atom. The van der Waals surface area contributed by atoms with Gasteiger partial charge in [-0.3, -0.25) is 9.69 Å². The predicted molar refractivity (Wildman–Crippen MR) is 97.2 cm³/mol. The molecule has 27 heavy (non-hydrogen) atoms. The first-order valence-electron chi connectivity index (χ1n) is 7.99. The zero-order chi connectivity index (χ0) is 20.2. The predicted octanol–water partition coefficient (Wildman–Crippen LogP) is 4.69. The molecule has 0 saturated carbocycles. The number of nitrogens with zero attached hydrogens (tertiary/aromatic N) is 2. The zero-order valence-corrected chi connectivity index (χ0v) is 15.4. The van der Waals surface area contributed by atoms with Crippen LogP contribution in [0.5, 0.6) is 0 Å². The molecule has 0 heterocycles. The van der Waals surface area contributed by atoms with Crippen LogP contribution in [0.1, 0.15) is 23.6 Å². The summed E-state index contributed by atoms with van der Waals surface area (Å²) < 4.78 is 39.3. The van der Waals surface area contributed by atoms with Crippen LogP contribution in [0, 0.1) is 11.3 Å². The number of carbonyl (C=O) groups is 1. The molecule has 0 radical (unpaired) electrons. The lowest BCUT2D eigenvalue weighted by molar-refractivity contribution is -0.138. The highest BCUT2D eigenvalue weighted by atomic mass is 35.5. The highest BCUT2D eigenvalue weighted by Gasteiger charge is 2.33. The van der Waals surface area contributed by atoms with E-state index < -0.39 is 23.7 Å². The van der Waals surface area contributed by atoms with E-state index in [2.05, 4.69) is 5.32 Å². The van der Waals surface area contributed by atoms with Crippen molar-refractivity contribution in [1.29, 1.82) is 5.26 Å². The van der Waals surface area contributed by atoms with Gasteiger partial charge in [-0.15, -0.1) is 0 Å². The smallest absolute Gasteiger partial charge is 0.325 e. The van der Waals surface area contributed by atoms with Gasteiger partial charge in [0.05, 0.1) is 22.2 Å². The first-order chi connectivity index (χ1) is 12.6. The van der Waals surface area contributed by atoms with Crippen LogP contribution < -0.4 is 5.32 Å². The normalized spacial score (nSPS) is 12.5. The highest BCUT2D eigenvalue weighted by Crippen LogP contribution is 2.32. The molecular weight excluding hydrogens is 379 g/mol. The third kappa shape index (κ3) is 5.22. The summed E-state index contributed by atoms with van der Waals surface area (Å²) in [6.45, 7) is 1.55. The molecule has 1 unspecified atom stereocenters. The molecule has 0 fully saturated rings. The number of carbonyl (C=O) groups excluding carboxylic acids is 1. The van der Waals surface area contributed by atoms with E-state index >= 15 is 0 Å². The van der Waals surface area contributed by atoms with E-state index in [-0.39, 0.29) is 22.7 Å². The Bertz CT molecular complexity index is 877. The molecule has 0 aliphatic rings. The number of anilines is 1. The number of alkyl halides is 3. The molecule has 0 aliphatic heterocycles. The topological polar surface area (TPSA) is 56.1 Å². The van der Waals surface area contributed by atoms with Gasteiger partial charge in [-0.2, -0.15) is 18.4 Å². The lowest BCUT2D eigenvalue weighted by Crippen LogP contribution is -2.39. The van der Waals surface area contributed by atoms with Crippen molar-refractivity contribution in [3.63, 3.8) is 0 Å². The molecule has 2 aromatic carbocycles. The minimum Gasteiger partial charge on any atom is -0.325 e. The minimum absolute atomic E-state index is 0.0433. The Labute approximate surface area is 160 Å². The highest BCUT2D eigenvalue weighted by molar-refractivity contribution is 6.32. The fourth-order valence-electron chi connectivity index (χ4n) is 2.47. The van der Waals surface area contributed by atoms with Gasteiger partial charge in [-0.1, -0.05) is 29.8 Å². The number of amides is 1. The third-order valence-electron chi connectivity index (χ3n) is 4.14. The SMILES string of the molecule is CC(C(=O)Nc1ccc(C#N)c(Cl)c1)N(C)Cc1ccccc1C(F)(F)F. The Hall–Kier alpha value is -2.56. The van der Waals surface area contributed by atoms with E-state index in [4.69, 9.17) is 16.9 Å². The van der Waals surface area contributed by atoms with Crippen molar-refractivity contribution in [3.8, 4) is 6.07 Å². The first kappa shape index (κ1) is 20.7. The largest absolute Gasteiger partial charge is 0.416 e. The molecule has 1 N–H and O–H groups in total. The van der Waals surface area contributed by atoms with E-state index in [1.165, 1.54) is 41.3 Å². The number of nitriles is 1. The van der Waals surface area contributed by atoms with Crippen LogP contribution in [0.2, 0.25) is 5.02 Å². The van der Waals surface area contributed by atoms with E-state index in [1.54, 1.807) is 14.0 Å². The molecule has 1 atom stereocenters. The maximum absolute atomic E-state index is 13.1. The molecule has 0 bridgehead atoms. The fourth-order valence-corrected chi connectivity index (χ4v) is 2.69. The Balaban J connectivity index is 2.09. The van der Waals surface area contributed by atoms with Crippen molar-refractivity contribution in [1.82, 2.24) is 4.90 Å². The maximum Gasteiger partial charge on any atom is 0.416 e. The lowest BCUT2D eigenvalue weighted by atomic mass is 10.1. The average Bonchev–Trinajstić information content (AvgIpc) is 2.60. The van der Waals surface area contributed by atoms with E-state index in [0.29, 0.717) is 5.69 Å². The lowest BCUT2D eigenvalue weighted by Gasteiger charge is -2.25. The van der Waals surface area contributed by atoms with Crippen LogP contribution in [0.3, 0.4) is 0 Å². The summed E-state index contributed by atoms with van der Waals surface area (Å²) in [6.07, 6.45) is -4.46. The molecule has 0 aromatic heterocycles. The van der Waals surface area contributed by atoms with Crippen molar-refractivity contribution >= 4 is 23.2 Å². The second-order valence-electron chi connectivity index (χ2n) is 6.04. The molecule has 2 rings (SSSR count). The van der Waals surface area contributed by atoms with Crippen LogP contribution in [0.25, 0.3) is 0 Å². The van der Waals surface area contributed by atoms with Crippen LogP contribution in [-0.2, 0) is 17.5 Å². The second-order valence-corrected chi connectivity index (χ2v) is 6.45. The molecule has 0 saturated heterocycles. The number of halogens is 4. The summed E-state index contributed by atoms with van der Waals surface area (Å²) in [5.74, 6) is -0.400. The molecule has 4 nitrogen and oxygen atoms in total. The van der Waals surface area contributed by atoms with Gasteiger partial charge in [-0.25, -0.2) is 0 Å². The van der Waals surface area contributed by atoms with Crippen molar-refractivity contribution in [3.05, 3.63) is 64.2 Å². The Morgan fingerprint density at radius 1 is 1.30 bits per heavy atom. The second kappa shape index (κ2) is 8.42. The van der Waals surface area contributed by atoms with Crippen LogP contribution in [-0.4, -0.2) is 23.9 Å². The summed E-state index contributed by atoms with van der Waals surface area (Å²) in [5, 5.41) is 11.7. The van der Waals surface area contributed by atoms with E-state index in [9.17, 15) is 18.0 Å². The molecule has 1 amide bonds. The molecule has 8 heteroatoms. The van der Waals surface area contributed by atoms with Crippen molar-refractivity contribution in [2.45, 2.75) is 25.7 Å². The Kier molecular flexibility index (Phi) is 6.47. The molecule has 2 aromatic rings. The zero-order valence-electron chi connectivity index (χ0n) is 14.6. The van der Waals surface area contributed by atoms with Gasteiger partial charge in [0.15, 0.2) is 0 Å². The van der Waals surface area contributed by atoms with Gasteiger partial charge in [0.25, 0.3) is 0 Å². The molecular formula is C19H17ClF3N3O. The monoisotopic (exact) mass is 395 g/mol. The number of hydrogen-bond acceptors (Lipinski definition) is 3. The molecule has 0 aliphatic carbocycles. The van der Waals surface area contributed by atoms with Gasteiger partial charge in [-0.05, 0) is 43.8 Å². The van der Waals surface area contributed by atoms with Crippen LogP contribution >= 0.6 is 11.6 Å². The van der Waals surface area contributed by atoms with E-state index in [0.717, 1.165) is 6.07 Å². The van der Waals surface area contributed by atoms with Gasteiger partial charge >= 0.3 is 6.18 Å². The van der Waals surface area contributed by atoms with Crippen molar-refractivity contribution < 1.29 is 18.0 Å². The number of benzene rings is 2. The van der Waals surface area contributed by atoms with Crippen LogP contribution in [0.4, 0.5) is 18.9 Å². The minimum atomic E-state index is -4.46. The number of rotatable bonds is 5. The first-order valence-corrected chi connectivity index (χ1v) is 8.37. The standard InChI is InChI=1S/C19H17ClF3N3O/c1-12(18(27)25-15-8-7-13(10-24)17(20)9-15)26(2)11-14-5-3-4-6-16(14)19(21,22)23/h3-9,12H,11H2,1-2H3,(H,25,27). The van der Waals surface area contributed by atoms with Crippen molar-refractivity contribution in [2.24, 2.45) is 0 Å². The fraction of sp³-hybridized carbons (Fsp3) is 0.263. The summed E-state index contributed by atoms with van der Waals surface area (Å²) in [5.41, 5.74) is 0.0560. The summed E-state index contributed by atoms with van der Waals surface area (Å²) >= 11 is 5.93. The van der Waals surface area contributed by atoms with Crippen LogP contribution in [0.15, 0.2) is 42.5 Å². The van der Waals surface area contributed by atoms with Gasteiger partial charge in [0, 0.05) is 12.2 Å². The molecule has 0 spiro atoms. The van der Waals surface area contributed by atoms with Gasteiger partial charge in [0.1, 0.15) is 6.07 Å². The van der Waals surface area contributed by atoms with Crippen molar-refractivity contribution in [2.75, 3.05) is 12.4 Å². The maximum atomic E-state index is 13.1. The summed E-state index contributed by atoms with van der Waals surface area (Å²) in [6, 6.07) is 11.0. The summed E-state index contributed by atoms with van der Waals surface area (Å²) in [4.78, 5) is 13.9. The number of hydrogen-bond donors (Lipinski definition) is 1.